The number of hydrogen-bond acceptors (Lipinski definition) is 5. The average Bonchev–Trinajstić information content (AvgIpc) is 2.94. The van der Waals surface area contributed by atoms with Gasteiger partial charge < -0.3 is 10.5 Å². The van der Waals surface area contributed by atoms with Gasteiger partial charge in [-0.2, -0.15) is 5.10 Å². The maximum Gasteiger partial charge on any atom is 0.222 e. The lowest BCUT2D eigenvalue weighted by Gasteiger charge is -2.11. The standard InChI is InChI=1S/C18H17ClFN5O/c1-3-7-26-17-11(5-4-6-13(17)20)8-12-10-25(2)24-16(12)14-9-15(19)23-18(21)22-14/h3-6,9-10H,1,7-8H2,2H3,(H2,21,22,23). The highest BCUT2D eigenvalue weighted by atomic mass is 35.5. The Morgan fingerprint density at radius 1 is 1.35 bits per heavy atom. The molecule has 134 valence electrons. The molecule has 1 aromatic carbocycles. The van der Waals surface area contributed by atoms with Gasteiger partial charge in [0, 0.05) is 36.9 Å². The van der Waals surface area contributed by atoms with Gasteiger partial charge in [0.25, 0.3) is 0 Å². The zero-order valence-corrected chi connectivity index (χ0v) is 14.9. The normalized spacial score (nSPS) is 10.7. The van der Waals surface area contributed by atoms with E-state index in [-0.39, 0.29) is 23.5 Å². The van der Waals surface area contributed by atoms with Crippen molar-refractivity contribution in [3.05, 3.63) is 65.2 Å². The first-order valence-electron chi connectivity index (χ1n) is 7.82. The van der Waals surface area contributed by atoms with Gasteiger partial charge in [0.2, 0.25) is 5.95 Å². The van der Waals surface area contributed by atoms with Crippen LogP contribution in [0.25, 0.3) is 11.4 Å². The van der Waals surface area contributed by atoms with Gasteiger partial charge in [0.1, 0.15) is 17.5 Å². The van der Waals surface area contributed by atoms with E-state index in [0.29, 0.717) is 23.4 Å². The Labute approximate surface area is 155 Å². The molecule has 3 aromatic rings. The summed E-state index contributed by atoms with van der Waals surface area (Å²) < 4.78 is 21.3. The van der Waals surface area contributed by atoms with Crippen LogP contribution in [0.4, 0.5) is 10.3 Å². The first kappa shape index (κ1) is 17.9. The Morgan fingerprint density at radius 2 is 2.15 bits per heavy atom. The maximum absolute atomic E-state index is 14.2. The van der Waals surface area contributed by atoms with Gasteiger partial charge in [0.15, 0.2) is 11.6 Å². The van der Waals surface area contributed by atoms with Crippen molar-refractivity contribution >= 4 is 17.5 Å². The lowest BCUT2D eigenvalue weighted by molar-refractivity contribution is 0.338. The summed E-state index contributed by atoms with van der Waals surface area (Å²) in [5.74, 6) is -0.170. The van der Waals surface area contributed by atoms with Crippen LogP contribution < -0.4 is 10.5 Å². The van der Waals surface area contributed by atoms with Crippen molar-refractivity contribution in [3.8, 4) is 17.1 Å². The van der Waals surface area contributed by atoms with Crippen molar-refractivity contribution in [1.29, 1.82) is 0 Å². The quantitative estimate of drug-likeness (QED) is 0.529. The number of aryl methyl sites for hydroxylation is 1. The second kappa shape index (κ2) is 7.53. The number of nitrogens with two attached hydrogens (primary N) is 1. The van der Waals surface area contributed by atoms with Crippen molar-refractivity contribution < 1.29 is 9.13 Å². The number of ether oxygens (including phenoxy) is 1. The molecule has 0 fully saturated rings. The first-order chi connectivity index (χ1) is 12.5. The molecule has 26 heavy (non-hydrogen) atoms. The van der Waals surface area contributed by atoms with Crippen LogP contribution in [0.2, 0.25) is 5.15 Å². The fraction of sp³-hybridized carbons (Fsp3) is 0.167. The molecule has 0 saturated heterocycles. The van der Waals surface area contributed by atoms with Crippen LogP contribution >= 0.6 is 11.6 Å². The highest BCUT2D eigenvalue weighted by molar-refractivity contribution is 6.29. The van der Waals surface area contributed by atoms with Gasteiger partial charge in [-0.15, -0.1) is 0 Å². The van der Waals surface area contributed by atoms with Crippen molar-refractivity contribution in [3.63, 3.8) is 0 Å². The summed E-state index contributed by atoms with van der Waals surface area (Å²) in [6.45, 7) is 3.81. The molecule has 2 heterocycles. The highest BCUT2D eigenvalue weighted by Gasteiger charge is 2.17. The second-order valence-corrected chi connectivity index (χ2v) is 6.00. The Hall–Kier alpha value is -2.93. The number of nitrogens with zero attached hydrogens (tertiary/aromatic N) is 4. The molecule has 0 aliphatic rings. The number of nitrogen functional groups attached to an aromatic ring is 1. The van der Waals surface area contributed by atoms with Crippen LogP contribution in [-0.2, 0) is 13.5 Å². The smallest absolute Gasteiger partial charge is 0.222 e. The van der Waals surface area contributed by atoms with Crippen LogP contribution in [0.15, 0.2) is 43.1 Å². The molecule has 0 atom stereocenters. The molecule has 0 aliphatic carbocycles. The zero-order valence-electron chi connectivity index (χ0n) is 14.1. The van der Waals surface area contributed by atoms with Gasteiger partial charge in [-0.25, -0.2) is 14.4 Å². The van der Waals surface area contributed by atoms with E-state index in [9.17, 15) is 4.39 Å². The first-order valence-corrected chi connectivity index (χ1v) is 8.19. The molecule has 6 nitrogen and oxygen atoms in total. The zero-order chi connectivity index (χ0) is 18.7. The third-order valence-corrected chi connectivity index (χ3v) is 3.83. The number of benzene rings is 1. The Bertz CT molecular complexity index is 936. The minimum absolute atomic E-state index is 0.0601. The summed E-state index contributed by atoms with van der Waals surface area (Å²) in [6, 6.07) is 6.39. The van der Waals surface area contributed by atoms with Gasteiger partial charge in [-0.05, 0) is 6.07 Å². The fourth-order valence-corrected chi connectivity index (χ4v) is 2.83. The van der Waals surface area contributed by atoms with Crippen molar-refractivity contribution in [2.24, 2.45) is 7.05 Å². The molecule has 3 rings (SSSR count). The molecule has 2 N–H and O–H groups in total. The molecule has 2 aromatic heterocycles. The van der Waals surface area contributed by atoms with Crippen LogP contribution in [0, 0.1) is 5.82 Å². The Kier molecular flexibility index (Phi) is 5.18. The third-order valence-electron chi connectivity index (χ3n) is 3.63. The summed E-state index contributed by atoms with van der Waals surface area (Å²) in [6.07, 6.45) is 3.80. The topological polar surface area (TPSA) is 78.8 Å². The van der Waals surface area contributed by atoms with Crippen molar-refractivity contribution in [1.82, 2.24) is 19.7 Å². The minimum atomic E-state index is -0.427. The molecule has 0 saturated carbocycles. The molecule has 0 bridgehead atoms. The van der Waals surface area contributed by atoms with Crippen LogP contribution in [0.1, 0.15) is 11.1 Å². The Balaban J connectivity index is 2.02. The molecular formula is C18H17ClFN5O. The predicted molar refractivity (Wildman–Crippen MR) is 98.6 cm³/mol. The van der Waals surface area contributed by atoms with E-state index in [0.717, 1.165) is 5.56 Å². The van der Waals surface area contributed by atoms with Gasteiger partial charge in [0.05, 0.1) is 5.69 Å². The van der Waals surface area contributed by atoms with E-state index in [4.69, 9.17) is 22.1 Å². The molecule has 0 spiro atoms. The number of hydrogen-bond donors (Lipinski definition) is 1. The molecule has 0 radical (unpaired) electrons. The highest BCUT2D eigenvalue weighted by Crippen LogP contribution is 2.29. The van der Waals surface area contributed by atoms with E-state index in [1.54, 1.807) is 36.0 Å². The predicted octanol–water partition coefficient (Wildman–Crippen LogP) is 3.41. The molecule has 8 heteroatoms. The number of rotatable bonds is 6. The summed E-state index contributed by atoms with van der Waals surface area (Å²) in [7, 11) is 1.79. The van der Waals surface area contributed by atoms with Crippen molar-refractivity contribution in [2.45, 2.75) is 6.42 Å². The second-order valence-electron chi connectivity index (χ2n) is 5.62. The van der Waals surface area contributed by atoms with Gasteiger partial charge in [-0.1, -0.05) is 36.4 Å². The summed E-state index contributed by atoms with van der Waals surface area (Å²) in [4.78, 5) is 8.06. The lowest BCUT2D eigenvalue weighted by atomic mass is 10.0. The van der Waals surface area contributed by atoms with E-state index >= 15 is 0 Å². The monoisotopic (exact) mass is 373 g/mol. The Morgan fingerprint density at radius 3 is 2.88 bits per heavy atom. The van der Waals surface area contributed by atoms with E-state index < -0.39 is 5.82 Å². The van der Waals surface area contributed by atoms with E-state index in [1.165, 1.54) is 6.07 Å². The largest absolute Gasteiger partial charge is 0.486 e. The van der Waals surface area contributed by atoms with Crippen LogP contribution in [-0.4, -0.2) is 26.4 Å². The van der Waals surface area contributed by atoms with Crippen molar-refractivity contribution in [2.75, 3.05) is 12.3 Å². The number of anilines is 1. The molecular weight excluding hydrogens is 357 g/mol. The number of aromatic nitrogens is 4. The van der Waals surface area contributed by atoms with Crippen LogP contribution in [0.3, 0.4) is 0 Å². The average molecular weight is 374 g/mol. The molecule has 0 unspecified atom stereocenters. The SMILES string of the molecule is C=CCOc1c(F)cccc1Cc1cn(C)nc1-c1cc(Cl)nc(N)n1. The van der Waals surface area contributed by atoms with Crippen LogP contribution in [0.5, 0.6) is 5.75 Å². The van der Waals surface area contributed by atoms with E-state index in [2.05, 4.69) is 21.6 Å². The van der Waals surface area contributed by atoms with Gasteiger partial charge >= 0.3 is 0 Å². The fourth-order valence-electron chi connectivity index (χ4n) is 2.64. The maximum atomic E-state index is 14.2. The number of halogens is 2. The molecule has 0 amide bonds. The summed E-state index contributed by atoms with van der Waals surface area (Å²) in [5.41, 5.74) is 8.31. The minimum Gasteiger partial charge on any atom is -0.486 e. The lowest BCUT2D eigenvalue weighted by Crippen LogP contribution is -2.02. The molecule has 0 aliphatic heterocycles. The van der Waals surface area contributed by atoms with Gasteiger partial charge in [-0.3, -0.25) is 4.68 Å². The van der Waals surface area contributed by atoms with E-state index in [1.807, 2.05) is 6.20 Å². The summed E-state index contributed by atoms with van der Waals surface area (Å²) >= 11 is 5.98. The summed E-state index contributed by atoms with van der Waals surface area (Å²) in [5, 5.41) is 4.66. The number of para-hydroxylation sites is 1. The third kappa shape index (κ3) is 3.83.